The highest BCUT2D eigenvalue weighted by molar-refractivity contribution is 9.10. The minimum absolute atomic E-state index is 0.0656. The van der Waals surface area contributed by atoms with Gasteiger partial charge >= 0.3 is 0 Å². The Labute approximate surface area is 190 Å². The molecule has 1 saturated heterocycles. The van der Waals surface area contributed by atoms with Crippen molar-refractivity contribution in [3.63, 3.8) is 0 Å². The lowest BCUT2D eigenvalue weighted by atomic mass is 9.91. The summed E-state index contributed by atoms with van der Waals surface area (Å²) in [5, 5.41) is 14.1. The molecule has 1 fully saturated rings. The van der Waals surface area contributed by atoms with Crippen LogP contribution in [0.4, 0.5) is 0 Å². The molecule has 1 amide bonds. The Hall–Kier alpha value is -1.64. The zero-order valence-corrected chi connectivity index (χ0v) is 19.1. The summed E-state index contributed by atoms with van der Waals surface area (Å²) < 4.78 is 7.07. The zero-order chi connectivity index (χ0) is 21.6. The number of carbonyl (C=O) groups excluding carboxylic acids is 1. The predicted molar refractivity (Wildman–Crippen MR) is 121 cm³/mol. The number of benzene rings is 2. The number of nitrogens with zero attached hydrogens (tertiary/aromatic N) is 1. The van der Waals surface area contributed by atoms with Crippen LogP contribution in [0, 0.1) is 0 Å². The number of ether oxygens (including phenoxy) is 1. The number of piperidine rings is 1. The molecule has 4 N–H and O–H groups in total. The van der Waals surface area contributed by atoms with Gasteiger partial charge in [0.1, 0.15) is 12.4 Å². The summed E-state index contributed by atoms with van der Waals surface area (Å²) in [6.45, 7) is 2.83. The average Bonchev–Trinajstić information content (AvgIpc) is 2.74. The molecule has 2 aromatic carbocycles. The van der Waals surface area contributed by atoms with E-state index in [1.165, 1.54) is 0 Å². The van der Waals surface area contributed by atoms with Gasteiger partial charge in [-0.05, 0) is 48.7 Å². The Bertz CT molecular complexity index is 855. The smallest absolute Gasteiger partial charge is 0.233 e. The number of nitrogens with one attached hydrogen (secondary N) is 1. The van der Waals surface area contributed by atoms with Crippen LogP contribution in [-0.4, -0.2) is 47.7 Å². The molecule has 0 unspecified atom stereocenters. The summed E-state index contributed by atoms with van der Waals surface area (Å²) in [6, 6.07) is 13.6. The number of hydrogen-bond donors (Lipinski definition) is 3. The molecular weight excluding hydrogens is 470 g/mol. The van der Waals surface area contributed by atoms with Crippen molar-refractivity contribution in [3.05, 3.63) is 63.1 Å². The van der Waals surface area contributed by atoms with Crippen molar-refractivity contribution in [2.45, 2.75) is 31.6 Å². The maximum atomic E-state index is 11.4. The molecule has 0 aromatic heterocycles. The quantitative estimate of drug-likeness (QED) is 0.523. The largest absolute Gasteiger partial charge is 0.489 e. The molecule has 162 valence electrons. The molecule has 1 aliphatic rings. The van der Waals surface area contributed by atoms with E-state index >= 15 is 0 Å². The minimum atomic E-state index is -0.882. The van der Waals surface area contributed by atoms with Gasteiger partial charge in [0.15, 0.2) is 0 Å². The van der Waals surface area contributed by atoms with Crippen LogP contribution in [0.1, 0.15) is 24.0 Å². The highest BCUT2D eigenvalue weighted by Crippen LogP contribution is 2.28. The molecule has 8 heteroatoms. The van der Waals surface area contributed by atoms with E-state index < -0.39 is 5.60 Å². The van der Waals surface area contributed by atoms with E-state index in [-0.39, 0.29) is 19.0 Å². The van der Waals surface area contributed by atoms with E-state index in [0.29, 0.717) is 24.5 Å². The number of likely N-dealkylation sites (tertiary alicyclic amines) is 1. The number of aliphatic hydroxyl groups is 1. The van der Waals surface area contributed by atoms with Gasteiger partial charge in [0.05, 0.1) is 12.1 Å². The zero-order valence-electron chi connectivity index (χ0n) is 16.7. The van der Waals surface area contributed by atoms with Crippen LogP contribution in [0.25, 0.3) is 0 Å². The Kier molecular flexibility index (Phi) is 8.13. The van der Waals surface area contributed by atoms with E-state index in [4.69, 9.17) is 22.1 Å². The van der Waals surface area contributed by atoms with Gasteiger partial charge in [-0.1, -0.05) is 39.7 Å². The van der Waals surface area contributed by atoms with Crippen LogP contribution >= 0.6 is 27.5 Å². The van der Waals surface area contributed by atoms with Crippen molar-refractivity contribution >= 4 is 33.4 Å². The normalized spacial score (nSPS) is 16.3. The predicted octanol–water partition coefficient (Wildman–Crippen LogP) is 3.08. The number of rotatable bonds is 8. The lowest BCUT2D eigenvalue weighted by Crippen LogP contribution is -2.51. The van der Waals surface area contributed by atoms with Gasteiger partial charge in [-0.2, -0.15) is 0 Å². The van der Waals surface area contributed by atoms with Crippen LogP contribution in [0.15, 0.2) is 46.9 Å². The molecule has 0 spiro atoms. The highest BCUT2D eigenvalue weighted by Gasteiger charge is 2.32. The van der Waals surface area contributed by atoms with Gasteiger partial charge in [0, 0.05) is 41.2 Å². The van der Waals surface area contributed by atoms with Crippen molar-refractivity contribution < 1.29 is 14.6 Å². The van der Waals surface area contributed by atoms with E-state index in [9.17, 15) is 9.90 Å². The molecule has 0 saturated carbocycles. The number of carbonyl (C=O) groups is 1. The van der Waals surface area contributed by atoms with Gasteiger partial charge < -0.3 is 20.9 Å². The van der Waals surface area contributed by atoms with Gasteiger partial charge in [-0.3, -0.25) is 9.69 Å². The van der Waals surface area contributed by atoms with E-state index in [1.807, 2.05) is 36.4 Å². The number of nitrogens with two attached hydrogens (primary N) is 1. The second kappa shape index (κ2) is 10.6. The van der Waals surface area contributed by atoms with Crippen LogP contribution in [-0.2, 0) is 17.9 Å². The second-order valence-electron chi connectivity index (χ2n) is 7.65. The monoisotopic (exact) mass is 495 g/mol. The lowest BCUT2D eigenvalue weighted by Gasteiger charge is -2.38. The number of halogens is 2. The first-order valence-electron chi connectivity index (χ1n) is 9.94. The molecule has 0 radical (unpaired) electrons. The third-order valence-electron chi connectivity index (χ3n) is 5.31. The van der Waals surface area contributed by atoms with Crippen molar-refractivity contribution in [1.29, 1.82) is 0 Å². The molecule has 1 heterocycles. The molecule has 1 aliphatic heterocycles. The van der Waals surface area contributed by atoms with Crippen LogP contribution in [0.3, 0.4) is 0 Å². The first-order chi connectivity index (χ1) is 14.4. The molecule has 30 heavy (non-hydrogen) atoms. The Morgan fingerprint density at radius 1 is 1.23 bits per heavy atom. The third-order valence-corrected chi connectivity index (χ3v) is 6.06. The van der Waals surface area contributed by atoms with Gasteiger partial charge in [0.25, 0.3) is 0 Å². The summed E-state index contributed by atoms with van der Waals surface area (Å²) >= 11 is 9.49. The van der Waals surface area contributed by atoms with Crippen LogP contribution < -0.4 is 15.8 Å². The summed E-state index contributed by atoms with van der Waals surface area (Å²) in [5.74, 6) is 0.590. The van der Waals surface area contributed by atoms with Gasteiger partial charge in [0.2, 0.25) is 5.91 Å². The maximum Gasteiger partial charge on any atom is 0.233 e. The van der Waals surface area contributed by atoms with Crippen molar-refractivity contribution in [1.82, 2.24) is 10.2 Å². The fourth-order valence-electron chi connectivity index (χ4n) is 3.43. The van der Waals surface area contributed by atoms with E-state index in [2.05, 4.69) is 32.2 Å². The molecule has 3 rings (SSSR count). The van der Waals surface area contributed by atoms with Crippen molar-refractivity contribution in [2.24, 2.45) is 5.73 Å². The van der Waals surface area contributed by atoms with E-state index in [1.54, 1.807) is 0 Å². The second-order valence-corrected chi connectivity index (χ2v) is 9.00. The Morgan fingerprint density at radius 3 is 2.60 bits per heavy atom. The fraction of sp³-hybridized carbons (Fsp3) is 0.409. The summed E-state index contributed by atoms with van der Waals surface area (Å²) in [4.78, 5) is 13.7. The van der Waals surface area contributed by atoms with Crippen molar-refractivity contribution in [3.8, 4) is 5.75 Å². The summed E-state index contributed by atoms with van der Waals surface area (Å²) in [6.07, 6.45) is 1.18. The molecule has 0 atom stereocenters. The summed E-state index contributed by atoms with van der Waals surface area (Å²) in [5.41, 5.74) is 6.56. The molecule has 0 aliphatic carbocycles. The molecule has 0 bridgehead atoms. The first-order valence-corrected chi connectivity index (χ1v) is 11.1. The van der Waals surface area contributed by atoms with E-state index in [0.717, 1.165) is 41.0 Å². The topological polar surface area (TPSA) is 87.8 Å². The minimum Gasteiger partial charge on any atom is -0.489 e. The average molecular weight is 497 g/mol. The summed E-state index contributed by atoms with van der Waals surface area (Å²) in [7, 11) is 0. The lowest BCUT2D eigenvalue weighted by molar-refractivity contribution is -0.121. The SMILES string of the molecule is NCC(=O)NCC1(O)CCN(Cc2cc(Br)ccc2OCc2ccc(Cl)cc2)CC1. The van der Waals surface area contributed by atoms with Gasteiger partial charge in [-0.15, -0.1) is 0 Å². The Balaban J connectivity index is 1.58. The highest BCUT2D eigenvalue weighted by atomic mass is 79.9. The van der Waals surface area contributed by atoms with Crippen molar-refractivity contribution in [2.75, 3.05) is 26.2 Å². The molecular formula is C22H27BrClN3O3. The first kappa shape index (κ1) is 23.0. The van der Waals surface area contributed by atoms with Crippen LogP contribution in [0.5, 0.6) is 5.75 Å². The van der Waals surface area contributed by atoms with Gasteiger partial charge in [-0.25, -0.2) is 0 Å². The maximum absolute atomic E-state index is 11.4. The third kappa shape index (κ3) is 6.68. The van der Waals surface area contributed by atoms with Crippen LogP contribution in [0.2, 0.25) is 5.02 Å². The number of amides is 1. The fourth-order valence-corrected chi connectivity index (χ4v) is 3.97. The standard InChI is InChI=1S/C22H27BrClN3O3/c23-18-3-6-20(30-14-16-1-4-19(24)5-2-16)17(11-18)13-27-9-7-22(29,8-10-27)15-26-21(28)12-25/h1-6,11,29H,7-10,12-15,25H2,(H,26,28). The Morgan fingerprint density at radius 2 is 1.93 bits per heavy atom. The number of hydrogen-bond acceptors (Lipinski definition) is 5. The molecule has 2 aromatic rings. The molecule has 6 nitrogen and oxygen atoms in total.